The molecule has 1 heterocycles. The van der Waals surface area contributed by atoms with Gasteiger partial charge in [-0.25, -0.2) is 0 Å². The van der Waals surface area contributed by atoms with E-state index >= 15 is 0 Å². The number of methoxy groups -OCH3 is 1. The largest absolute Gasteiger partial charge is 0.493 e. The van der Waals surface area contributed by atoms with Crippen LogP contribution in [0.3, 0.4) is 0 Å². The van der Waals surface area contributed by atoms with E-state index in [0.717, 1.165) is 42.5 Å². The molecule has 3 aliphatic rings. The van der Waals surface area contributed by atoms with E-state index in [4.69, 9.17) is 9.47 Å². The molecular formula is C19H21NO4. The van der Waals surface area contributed by atoms with Crippen molar-refractivity contribution < 1.29 is 19.1 Å². The molecule has 126 valence electrons. The number of rotatable bonds is 2. The Kier molecular flexibility index (Phi) is 3.49. The van der Waals surface area contributed by atoms with Gasteiger partial charge in [0.1, 0.15) is 0 Å². The summed E-state index contributed by atoms with van der Waals surface area (Å²) in [6, 6.07) is 4.19. The van der Waals surface area contributed by atoms with Crippen molar-refractivity contribution in [3.63, 3.8) is 0 Å². The van der Waals surface area contributed by atoms with E-state index in [-0.39, 0.29) is 17.2 Å². The quantitative estimate of drug-likeness (QED) is 0.667. The van der Waals surface area contributed by atoms with Crippen LogP contribution in [0.2, 0.25) is 0 Å². The molecule has 4 rings (SSSR count). The van der Waals surface area contributed by atoms with Gasteiger partial charge in [-0.3, -0.25) is 9.59 Å². The smallest absolute Gasteiger partial charge is 0.308 e. The molecular weight excluding hydrogens is 306 g/mol. The molecule has 2 aliphatic carbocycles. The zero-order chi connectivity index (χ0) is 16.9. The number of hydrogen-bond acceptors (Lipinski definition) is 5. The molecule has 5 nitrogen and oxygen atoms in total. The number of carbonyl (C=O) groups excluding carboxylic acids is 2. The van der Waals surface area contributed by atoms with Crippen molar-refractivity contribution in [2.45, 2.75) is 38.6 Å². The van der Waals surface area contributed by atoms with E-state index in [2.05, 4.69) is 5.32 Å². The van der Waals surface area contributed by atoms with Crippen LogP contribution in [0.4, 0.5) is 0 Å². The highest BCUT2D eigenvalue weighted by Gasteiger charge is 2.51. The maximum Gasteiger partial charge on any atom is 0.308 e. The summed E-state index contributed by atoms with van der Waals surface area (Å²) >= 11 is 0. The van der Waals surface area contributed by atoms with Crippen LogP contribution in [0.15, 0.2) is 18.2 Å². The third kappa shape index (κ3) is 2.11. The molecule has 0 saturated carbocycles. The Bertz CT molecular complexity index is 767. The molecule has 5 heteroatoms. The number of benzene rings is 1. The molecule has 1 N–H and O–H groups in total. The van der Waals surface area contributed by atoms with Gasteiger partial charge in [-0.05, 0) is 49.1 Å². The van der Waals surface area contributed by atoms with Crippen LogP contribution >= 0.6 is 0 Å². The van der Waals surface area contributed by atoms with Gasteiger partial charge in [0.05, 0.1) is 7.11 Å². The predicted molar refractivity (Wildman–Crippen MR) is 89.1 cm³/mol. The summed E-state index contributed by atoms with van der Waals surface area (Å²) in [5.74, 6) is 0.742. The maximum absolute atomic E-state index is 12.2. The first-order chi connectivity index (χ1) is 11.5. The zero-order valence-corrected chi connectivity index (χ0v) is 14.0. The van der Waals surface area contributed by atoms with Crippen LogP contribution in [-0.4, -0.2) is 31.4 Å². The number of fused-ring (bicyclic) bond motifs is 2. The Morgan fingerprint density at radius 1 is 1.33 bits per heavy atom. The van der Waals surface area contributed by atoms with E-state index < -0.39 is 0 Å². The van der Waals surface area contributed by atoms with Crippen molar-refractivity contribution >= 4 is 17.3 Å². The second kappa shape index (κ2) is 5.45. The van der Waals surface area contributed by atoms with Crippen LogP contribution in [0.25, 0.3) is 5.57 Å². The monoisotopic (exact) mass is 327 g/mol. The first-order valence-electron chi connectivity index (χ1n) is 8.42. The number of ketones is 1. The Hall–Kier alpha value is -2.14. The van der Waals surface area contributed by atoms with Crippen LogP contribution in [-0.2, 0) is 16.0 Å². The van der Waals surface area contributed by atoms with Gasteiger partial charge in [0.25, 0.3) is 0 Å². The lowest BCUT2D eigenvalue weighted by Gasteiger charge is -2.44. The SMILES string of the molecule is COc1ccc2c(c1OC(C)=O)C1=CC(=O)CCC13CCNC3C2. The Morgan fingerprint density at radius 3 is 2.92 bits per heavy atom. The maximum atomic E-state index is 12.2. The van der Waals surface area contributed by atoms with Gasteiger partial charge in [0, 0.05) is 30.4 Å². The minimum Gasteiger partial charge on any atom is -0.493 e. The predicted octanol–water partition coefficient (Wildman–Crippen LogP) is 2.27. The molecule has 1 fully saturated rings. The second-order valence-corrected chi connectivity index (χ2v) is 6.87. The van der Waals surface area contributed by atoms with Gasteiger partial charge in [0.2, 0.25) is 0 Å². The van der Waals surface area contributed by atoms with Crippen molar-refractivity contribution in [3.8, 4) is 11.5 Å². The molecule has 1 spiro atoms. The van der Waals surface area contributed by atoms with Gasteiger partial charge in [0.15, 0.2) is 17.3 Å². The summed E-state index contributed by atoms with van der Waals surface area (Å²) in [5, 5.41) is 3.60. The van der Waals surface area contributed by atoms with Gasteiger partial charge in [-0.1, -0.05) is 6.07 Å². The Balaban J connectivity index is 1.98. The summed E-state index contributed by atoms with van der Waals surface area (Å²) in [5.41, 5.74) is 2.97. The second-order valence-electron chi connectivity index (χ2n) is 6.87. The lowest BCUT2D eigenvalue weighted by atomic mass is 9.60. The van der Waals surface area contributed by atoms with E-state index in [9.17, 15) is 9.59 Å². The summed E-state index contributed by atoms with van der Waals surface area (Å²) in [6.07, 6.45) is 5.09. The number of esters is 1. The minimum atomic E-state index is -0.384. The molecule has 0 bridgehead atoms. The normalized spacial score (nSPS) is 27.7. The average Bonchev–Trinajstić information content (AvgIpc) is 2.95. The van der Waals surface area contributed by atoms with Gasteiger partial charge in [-0.15, -0.1) is 0 Å². The fourth-order valence-corrected chi connectivity index (χ4v) is 4.60. The first-order valence-corrected chi connectivity index (χ1v) is 8.42. The fraction of sp³-hybridized carbons (Fsp3) is 0.474. The molecule has 1 aromatic rings. The number of nitrogens with one attached hydrogen (secondary N) is 1. The number of allylic oxidation sites excluding steroid dienone is 1. The summed E-state index contributed by atoms with van der Waals surface area (Å²) in [6.45, 7) is 2.34. The third-order valence-corrected chi connectivity index (χ3v) is 5.66. The van der Waals surface area contributed by atoms with Gasteiger partial charge < -0.3 is 14.8 Å². The Labute approximate surface area is 141 Å². The zero-order valence-electron chi connectivity index (χ0n) is 14.0. The van der Waals surface area contributed by atoms with Crippen molar-refractivity contribution in [1.82, 2.24) is 5.32 Å². The van der Waals surface area contributed by atoms with Crippen molar-refractivity contribution in [1.29, 1.82) is 0 Å². The molecule has 24 heavy (non-hydrogen) atoms. The molecule has 1 aromatic carbocycles. The fourth-order valence-electron chi connectivity index (χ4n) is 4.60. The third-order valence-electron chi connectivity index (χ3n) is 5.66. The van der Waals surface area contributed by atoms with Crippen LogP contribution in [0.5, 0.6) is 11.5 Å². The van der Waals surface area contributed by atoms with E-state index in [1.54, 1.807) is 13.2 Å². The number of hydrogen-bond donors (Lipinski definition) is 1. The highest BCUT2D eigenvalue weighted by molar-refractivity contribution is 6.02. The van der Waals surface area contributed by atoms with Crippen LogP contribution < -0.4 is 14.8 Å². The van der Waals surface area contributed by atoms with Crippen molar-refractivity contribution in [2.24, 2.45) is 5.41 Å². The highest BCUT2D eigenvalue weighted by Crippen LogP contribution is 2.57. The van der Waals surface area contributed by atoms with Gasteiger partial charge in [-0.2, -0.15) is 0 Å². The molecule has 2 unspecified atom stereocenters. The molecule has 2 atom stereocenters. The van der Waals surface area contributed by atoms with Crippen LogP contribution in [0.1, 0.15) is 37.3 Å². The van der Waals surface area contributed by atoms with Crippen LogP contribution in [0, 0.1) is 5.41 Å². The van der Waals surface area contributed by atoms with E-state index in [0.29, 0.717) is 24.0 Å². The summed E-state index contributed by atoms with van der Waals surface area (Å²) in [7, 11) is 1.56. The Morgan fingerprint density at radius 2 is 2.17 bits per heavy atom. The van der Waals surface area contributed by atoms with Crippen molar-refractivity contribution in [2.75, 3.05) is 13.7 Å². The molecule has 0 amide bonds. The lowest BCUT2D eigenvalue weighted by Crippen LogP contribution is -2.44. The van der Waals surface area contributed by atoms with E-state index in [1.165, 1.54) is 6.92 Å². The molecule has 1 aliphatic heterocycles. The van der Waals surface area contributed by atoms with E-state index in [1.807, 2.05) is 12.1 Å². The molecule has 0 radical (unpaired) electrons. The average molecular weight is 327 g/mol. The van der Waals surface area contributed by atoms with Crippen molar-refractivity contribution in [3.05, 3.63) is 29.3 Å². The highest BCUT2D eigenvalue weighted by atomic mass is 16.6. The first kappa shape index (κ1) is 15.4. The standard InChI is InChI=1S/C19H21NO4/c1-11(21)24-18-15(23-2)4-3-12-9-16-19(7-8-20-16)6-5-13(22)10-14(19)17(12)18/h3-4,10,16,20H,5-9H2,1-2H3. The lowest BCUT2D eigenvalue weighted by molar-refractivity contribution is -0.132. The number of ether oxygens (including phenoxy) is 2. The summed E-state index contributed by atoms with van der Waals surface area (Å²) < 4.78 is 11.0. The summed E-state index contributed by atoms with van der Waals surface area (Å²) in [4.78, 5) is 23.8. The minimum absolute atomic E-state index is 0.0395. The topological polar surface area (TPSA) is 64.6 Å². The number of carbonyl (C=O) groups is 2. The van der Waals surface area contributed by atoms with Gasteiger partial charge >= 0.3 is 5.97 Å². The molecule has 1 saturated heterocycles. The molecule has 0 aromatic heterocycles.